The van der Waals surface area contributed by atoms with E-state index in [0.717, 1.165) is 24.1 Å². The van der Waals surface area contributed by atoms with Crippen molar-refractivity contribution in [2.75, 3.05) is 0 Å². The van der Waals surface area contributed by atoms with Crippen LogP contribution in [0.2, 0.25) is 0 Å². The lowest BCUT2D eigenvalue weighted by Gasteiger charge is -2.14. The number of hydrogen-bond acceptors (Lipinski definition) is 2. The van der Waals surface area contributed by atoms with Crippen LogP contribution in [0, 0.1) is 5.92 Å². The maximum Gasteiger partial charge on any atom is 0.238 e. The molecule has 0 saturated heterocycles. The van der Waals surface area contributed by atoms with Gasteiger partial charge in [0.15, 0.2) is 0 Å². The van der Waals surface area contributed by atoms with E-state index >= 15 is 0 Å². The second-order valence-corrected chi connectivity index (χ2v) is 6.20. The predicted octanol–water partition coefficient (Wildman–Crippen LogP) is 4.33. The van der Waals surface area contributed by atoms with E-state index in [0.29, 0.717) is 12.3 Å². The third kappa shape index (κ3) is 6.29. The minimum Gasteiger partial charge on any atom is -0.298 e. The average molecular weight is 322 g/mol. The number of nitrogens with one attached hydrogen (secondary N) is 2. The van der Waals surface area contributed by atoms with E-state index in [1.807, 2.05) is 48.5 Å². The van der Waals surface area contributed by atoms with Gasteiger partial charge in [-0.25, -0.2) is 0 Å². The van der Waals surface area contributed by atoms with E-state index < -0.39 is 0 Å². The van der Waals surface area contributed by atoms with Crippen LogP contribution >= 0.6 is 0 Å². The van der Waals surface area contributed by atoms with Crippen molar-refractivity contribution < 1.29 is 4.79 Å². The number of amides is 1. The molecule has 3 heteroatoms. The quantitative estimate of drug-likeness (QED) is 0.710. The first-order chi connectivity index (χ1) is 11.6. The molecule has 0 saturated carbocycles. The monoisotopic (exact) mass is 322 g/mol. The van der Waals surface area contributed by atoms with Crippen molar-refractivity contribution in [1.82, 2.24) is 10.9 Å². The molecule has 0 heterocycles. The lowest BCUT2D eigenvalue weighted by Crippen LogP contribution is -2.36. The van der Waals surface area contributed by atoms with Crippen LogP contribution in [0.15, 0.2) is 66.7 Å². The van der Waals surface area contributed by atoms with Crippen LogP contribution in [0.5, 0.6) is 0 Å². The number of benzene rings is 2. The summed E-state index contributed by atoms with van der Waals surface area (Å²) in [5, 5.41) is 0. The molecule has 3 nitrogen and oxygen atoms in total. The Morgan fingerprint density at radius 3 is 2.21 bits per heavy atom. The fourth-order valence-electron chi connectivity index (χ4n) is 2.46. The summed E-state index contributed by atoms with van der Waals surface area (Å²) < 4.78 is 0. The summed E-state index contributed by atoms with van der Waals surface area (Å²) in [4.78, 5) is 12.1. The Hall–Kier alpha value is -2.55. The van der Waals surface area contributed by atoms with Crippen molar-refractivity contribution in [2.24, 2.45) is 5.92 Å². The number of hydrogen-bond donors (Lipinski definition) is 2. The number of hydrazine groups is 1. The fourth-order valence-corrected chi connectivity index (χ4v) is 2.46. The maximum absolute atomic E-state index is 12.1. The second kappa shape index (κ2) is 9.56. The minimum absolute atomic E-state index is 0.0107. The molecule has 0 spiro atoms. The van der Waals surface area contributed by atoms with Crippen LogP contribution in [-0.2, 0) is 11.2 Å². The van der Waals surface area contributed by atoms with Crippen LogP contribution in [0.25, 0.3) is 5.70 Å². The minimum atomic E-state index is 0.0107. The molecule has 2 aromatic rings. The Balaban J connectivity index is 1.82. The van der Waals surface area contributed by atoms with E-state index in [1.54, 1.807) is 0 Å². The molecule has 0 bridgehead atoms. The average Bonchev–Trinajstić information content (AvgIpc) is 2.60. The maximum atomic E-state index is 12.1. The number of carbonyl (C=O) groups is 1. The summed E-state index contributed by atoms with van der Waals surface area (Å²) in [6.07, 6.45) is 4.37. The summed E-state index contributed by atoms with van der Waals surface area (Å²) >= 11 is 0. The third-order valence-corrected chi connectivity index (χ3v) is 3.63. The highest BCUT2D eigenvalue weighted by Crippen LogP contribution is 2.13. The molecule has 0 aliphatic heterocycles. The topological polar surface area (TPSA) is 41.1 Å². The van der Waals surface area contributed by atoms with Crippen molar-refractivity contribution in [1.29, 1.82) is 0 Å². The molecule has 24 heavy (non-hydrogen) atoms. The molecule has 2 rings (SSSR count). The van der Waals surface area contributed by atoms with Gasteiger partial charge in [0.05, 0.1) is 5.70 Å². The van der Waals surface area contributed by atoms with Gasteiger partial charge < -0.3 is 0 Å². The van der Waals surface area contributed by atoms with Crippen LogP contribution in [0.3, 0.4) is 0 Å². The van der Waals surface area contributed by atoms with Crippen LogP contribution in [0.4, 0.5) is 0 Å². The molecule has 0 unspecified atom stereocenters. The number of rotatable bonds is 8. The van der Waals surface area contributed by atoms with E-state index in [-0.39, 0.29) is 5.91 Å². The van der Waals surface area contributed by atoms with Crippen molar-refractivity contribution in [2.45, 2.75) is 33.1 Å². The highest BCUT2D eigenvalue weighted by molar-refractivity contribution is 5.77. The zero-order valence-electron chi connectivity index (χ0n) is 14.5. The molecule has 126 valence electrons. The van der Waals surface area contributed by atoms with Gasteiger partial charge in [0.2, 0.25) is 5.91 Å². The van der Waals surface area contributed by atoms with E-state index in [2.05, 4.69) is 42.9 Å². The summed E-state index contributed by atoms with van der Waals surface area (Å²) in [7, 11) is 0. The molecule has 2 N–H and O–H groups in total. The van der Waals surface area contributed by atoms with Gasteiger partial charge in [0, 0.05) is 6.42 Å². The molecule has 0 aliphatic rings. The largest absolute Gasteiger partial charge is 0.298 e. The Kier molecular flexibility index (Phi) is 7.09. The van der Waals surface area contributed by atoms with Gasteiger partial charge in [-0.2, -0.15) is 0 Å². The molecule has 0 aromatic heterocycles. The van der Waals surface area contributed by atoms with Gasteiger partial charge in [-0.1, -0.05) is 80.6 Å². The van der Waals surface area contributed by atoms with Crippen molar-refractivity contribution >= 4 is 11.6 Å². The van der Waals surface area contributed by atoms with E-state index in [4.69, 9.17) is 0 Å². The molecule has 0 aliphatic carbocycles. The summed E-state index contributed by atoms with van der Waals surface area (Å²) in [6, 6.07) is 20.3. The molecule has 0 fully saturated rings. The first kappa shape index (κ1) is 17.8. The molecule has 0 atom stereocenters. The van der Waals surface area contributed by atoms with Crippen LogP contribution < -0.4 is 10.9 Å². The molecular formula is C21H26N2O. The Labute approximate surface area is 144 Å². The normalized spacial score (nSPS) is 11.4. The lowest BCUT2D eigenvalue weighted by atomic mass is 10.1. The zero-order valence-corrected chi connectivity index (χ0v) is 14.5. The van der Waals surface area contributed by atoms with Gasteiger partial charge >= 0.3 is 0 Å². The summed E-state index contributed by atoms with van der Waals surface area (Å²) in [5.74, 6) is 0.402. The van der Waals surface area contributed by atoms with Gasteiger partial charge in [-0.3, -0.25) is 15.6 Å². The van der Waals surface area contributed by atoms with Crippen LogP contribution in [0.1, 0.15) is 37.8 Å². The first-order valence-electron chi connectivity index (χ1n) is 8.51. The highest BCUT2D eigenvalue weighted by atomic mass is 16.2. The summed E-state index contributed by atoms with van der Waals surface area (Å²) in [5.41, 5.74) is 9.16. The number of allylic oxidation sites excluding steroid dienone is 1. The van der Waals surface area contributed by atoms with Crippen LogP contribution in [-0.4, -0.2) is 5.91 Å². The molecular weight excluding hydrogens is 296 g/mol. The Bertz CT molecular complexity index is 648. The van der Waals surface area contributed by atoms with Crippen molar-refractivity contribution in [3.05, 3.63) is 77.9 Å². The molecule has 2 aromatic carbocycles. The first-order valence-corrected chi connectivity index (χ1v) is 8.51. The highest BCUT2D eigenvalue weighted by Gasteiger charge is 2.05. The lowest BCUT2D eigenvalue weighted by molar-refractivity contribution is -0.121. The van der Waals surface area contributed by atoms with Gasteiger partial charge in [-0.15, -0.1) is 0 Å². The standard InChI is InChI=1S/C21H26N2O/c1-17(2)16-20(19-13-7-4-8-14-19)22-23-21(24)15-9-12-18-10-5-3-6-11-18/h3-8,10-11,13-14,16-17,22H,9,12,15H2,1-2H3,(H,23,24). The van der Waals surface area contributed by atoms with Crippen molar-refractivity contribution in [3.63, 3.8) is 0 Å². The SMILES string of the molecule is CC(C)C=C(NNC(=O)CCCc1ccccc1)c1ccccc1. The number of carbonyl (C=O) groups excluding carboxylic acids is 1. The van der Waals surface area contributed by atoms with Gasteiger partial charge in [-0.05, 0) is 29.9 Å². The summed E-state index contributed by atoms with van der Waals surface area (Å²) in [6.45, 7) is 4.23. The van der Waals surface area contributed by atoms with Gasteiger partial charge in [0.25, 0.3) is 0 Å². The zero-order chi connectivity index (χ0) is 17.2. The van der Waals surface area contributed by atoms with E-state index in [1.165, 1.54) is 5.56 Å². The Morgan fingerprint density at radius 1 is 0.958 bits per heavy atom. The van der Waals surface area contributed by atoms with E-state index in [9.17, 15) is 4.79 Å². The second-order valence-electron chi connectivity index (χ2n) is 6.20. The Morgan fingerprint density at radius 2 is 1.58 bits per heavy atom. The van der Waals surface area contributed by atoms with Gasteiger partial charge in [0.1, 0.15) is 0 Å². The third-order valence-electron chi connectivity index (χ3n) is 3.63. The number of aryl methyl sites for hydroxylation is 1. The molecule has 1 amide bonds. The van der Waals surface area contributed by atoms with Crippen molar-refractivity contribution in [3.8, 4) is 0 Å². The smallest absolute Gasteiger partial charge is 0.238 e. The molecule has 0 radical (unpaired) electrons. The predicted molar refractivity (Wildman–Crippen MR) is 99.9 cm³/mol. The fraction of sp³-hybridized carbons (Fsp3) is 0.286.